The fraction of sp³-hybridized carbons (Fsp3) is 0.167. The molecular weight excluding hydrogens is 277 g/mol. The summed E-state index contributed by atoms with van der Waals surface area (Å²) >= 11 is 11.6. The van der Waals surface area contributed by atoms with Gasteiger partial charge >= 0.3 is 5.97 Å². The molecule has 0 unspecified atom stereocenters. The molecule has 96 valence electrons. The van der Waals surface area contributed by atoms with Gasteiger partial charge in [0.25, 0.3) is 0 Å². The summed E-state index contributed by atoms with van der Waals surface area (Å²) in [7, 11) is 1.22. The molecule has 1 amide bonds. The van der Waals surface area contributed by atoms with Crippen molar-refractivity contribution in [3.05, 3.63) is 40.4 Å². The van der Waals surface area contributed by atoms with E-state index < -0.39 is 11.9 Å². The lowest BCUT2D eigenvalue weighted by Crippen LogP contribution is -2.16. The van der Waals surface area contributed by atoms with Gasteiger partial charge in [0.2, 0.25) is 5.91 Å². The van der Waals surface area contributed by atoms with Gasteiger partial charge in [-0.15, -0.1) is 0 Å². The summed E-state index contributed by atoms with van der Waals surface area (Å²) in [6.07, 6.45) is -0.161. The van der Waals surface area contributed by atoms with Crippen LogP contribution in [-0.2, 0) is 14.3 Å². The molecule has 0 heterocycles. The van der Waals surface area contributed by atoms with Gasteiger partial charge in [-0.1, -0.05) is 29.8 Å². The normalized spacial score (nSPS) is 9.72. The molecule has 18 heavy (non-hydrogen) atoms. The first-order chi connectivity index (χ1) is 8.43. The number of amides is 1. The second kappa shape index (κ2) is 6.42. The molecule has 0 saturated heterocycles. The maximum absolute atomic E-state index is 11.6. The molecule has 0 fully saturated rings. The smallest absolute Gasteiger partial charge is 0.333 e. The van der Waals surface area contributed by atoms with Gasteiger partial charge in [0.15, 0.2) is 0 Å². The van der Waals surface area contributed by atoms with Crippen LogP contribution in [0.25, 0.3) is 0 Å². The summed E-state index contributed by atoms with van der Waals surface area (Å²) in [6.45, 7) is 3.45. The standard InChI is InChI=1S/C12H11Cl2NO3/c1-7(12(17)18-2)5-11(16)15-10-4-3-8(13)6-9(10)14/h3-4,6H,1,5H2,2H3,(H,15,16). The molecule has 0 aliphatic heterocycles. The largest absolute Gasteiger partial charge is 0.466 e. The molecule has 4 nitrogen and oxygen atoms in total. The molecule has 0 radical (unpaired) electrons. The number of hydrogen-bond donors (Lipinski definition) is 1. The summed E-state index contributed by atoms with van der Waals surface area (Å²) in [6, 6.07) is 4.68. The molecule has 0 saturated carbocycles. The highest BCUT2D eigenvalue weighted by Gasteiger charge is 2.13. The Labute approximate surface area is 115 Å². The van der Waals surface area contributed by atoms with E-state index in [9.17, 15) is 9.59 Å². The number of hydrogen-bond acceptors (Lipinski definition) is 3. The van der Waals surface area contributed by atoms with E-state index in [0.717, 1.165) is 0 Å². The van der Waals surface area contributed by atoms with Crippen molar-refractivity contribution < 1.29 is 14.3 Å². The van der Waals surface area contributed by atoms with Crippen molar-refractivity contribution in [3.63, 3.8) is 0 Å². The van der Waals surface area contributed by atoms with Crippen molar-refractivity contribution in [2.75, 3.05) is 12.4 Å². The van der Waals surface area contributed by atoms with E-state index in [1.807, 2.05) is 0 Å². The molecule has 0 aromatic heterocycles. The fourth-order valence-corrected chi connectivity index (χ4v) is 1.65. The second-order valence-electron chi connectivity index (χ2n) is 3.44. The van der Waals surface area contributed by atoms with Gasteiger partial charge in [0, 0.05) is 10.6 Å². The first kappa shape index (κ1) is 14.5. The first-order valence-electron chi connectivity index (χ1n) is 4.95. The van der Waals surface area contributed by atoms with Crippen LogP contribution in [0.3, 0.4) is 0 Å². The highest BCUT2D eigenvalue weighted by molar-refractivity contribution is 6.36. The molecule has 6 heteroatoms. The minimum atomic E-state index is -0.618. The molecule has 1 aromatic carbocycles. The summed E-state index contributed by atoms with van der Waals surface area (Å²) in [5.41, 5.74) is 0.490. The van der Waals surface area contributed by atoms with Gasteiger partial charge in [-0.2, -0.15) is 0 Å². The SMILES string of the molecule is C=C(CC(=O)Nc1ccc(Cl)cc1Cl)C(=O)OC. The molecule has 1 N–H and O–H groups in total. The Morgan fingerprint density at radius 3 is 2.61 bits per heavy atom. The van der Waals surface area contributed by atoms with Crippen molar-refractivity contribution in [1.82, 2.24) is 0 Å². The van der Waals surface area contributed by atoms with Crippen molar-refractivity contribution in [3.8, 4) is 0 Å². The average Bonchev–Trinajstić information content (AvgIpc) is 2.31. The van der Waals surface area contributed by atoms with E-state index in [1.165, 1.54) is 13.2 Å². The minimum Gasteiger partial charge on any atom is -0.466 e. The molecule has 1 rings (SSSR count). The topological polar surface area (TPSA) is 55.4 Å². The van der Waals surface area contributed by atoms with Gasteiger partial charge in [-0.05, 0) is 18.2 Å². The van der Waals surface area contributed by atoms with E-state index in [-0.39, 0.29) is 12.0 Å². The fourth-order valence-electron chi connectivity index (χ4n) is 1.20. The maximum Gasteiger partial charge on any atom is 0.333 e. The van der Waals surface area contributed by atoms with Gasteiger partial charge in [-0.25, -0.2) is 4.79 Å². The molecule has 0 atom stereocenters. The number of halogens is 2. The Morgan fingerprint density at radius 2 is 2.06 bits per heavy atom. The quantitative estimate of drug-likeness (QED) is 0.684. The predicted molar refractivity (Wildman–Crippen MR) is 70.9 cm³/mol. The van der Waals surface area contributed by atoms with Crippen molar-refractivity contribution in [1.29, 1.82) is 0 Å². The van der Waals surface area contributed by atoms with E-state index in [4.69, 9.17) is 23.2 Å². The van der Waals surface area contributed by atoms with E-state index in [2.05, 4.69) is 16.6 Å². The Hall–Kier alpha value is -1.52. The molecule has 0 aliphatic rings. The number of carbonyl (C=O) groups excluding carboxylic acids is 2. The van der Waals surface area contributed by atoms with Crippen LogP contribution in [0.5, 0.6) is 0 Å². The lowest BCUT2D eigenvalue weighted by molar-refractivity contribution is -0.137. The minimum absolute atomic E-state index is 0.0695. The third kappa shape index (κ3) is 4.05. The summed E-state index contributed by atoms with van der Waals surface area (Å²) < 4.78 is 4.44. The zero-order valence-corrected chi connectivity index (χ0v) is 11.1. The summed E-state index contributed by atoms with van der Waals surface area (Å²) in [4.78, 5) is 22.7. The highest BCUT2D eigenvalue weighted by Crippen LogP contribution is 2.25. The summed E-state index contributed by atoms with van der Waals surface area (Å²) in [5, 5.41) is 3.34. The number of anilines is 1. The van der Waals surface area contributed by atoms with Crippen LogP contribution in [-0.4, -0.2) is 19.0 Å². The summed E-state index contributed by atoms with van der Waals surface area (Å²) in [5.74, 6) is -1.03. The van der Waals surface area contributed by atoms with E-state index in [1.54, 1.807) is 12.1 Å². The van der Waals surface area contributed by atoms with Gasteiger partial charge < -0.3 is 10.1 Å². The number of benzene rings is 1. The zero-order chi connectivity index (χ0) is 13.7. The number of carbonyl (C=O) groups is 2. The zero-order valence-electron chi connectivity index (χ0n) is 9.63. The van der Waals surface area contributed by atoms with Crippen LogP contribution in [0, 0.1) is 0 Å². The average molecular weight is 288 g/mol. The van der Waals surface area contributed by atoms with Crippen molar-refractivity contribution in [2.45, 2.75) is 6.42 Å². The molecule has 0 bridgehead atoms. The number of methoxy groups -OCH3 is 1. The molecule has 0 aliphatic carbocycles. The monoisotopic (exact) mass is 287 g/mol. The number of rotatable bonds is 4. The predicted octanol–water partition coefficient (Wildman–Crippen LogP) is 3.05. The van der Waals surface area contributed by atoms with Crippen LogP contribution in [0.1, 0.15) is 6.42 Å². The third-order valence-electron chi connectivity index (χ3n) is 2.05. The van der Waals surface area contributed by atoms with Crippen LogP contribution < -0.4 is 5.32 Å². The Bertz CT molecular complexity index is 500. The van der Waals surface area contributed by atoms with Gasteiger partial charge in [-0.3, -0.25) is 4.79 Å². The lowest BCUT2D eigenvalue weighted by Gasteiger charge is -2.08. The number of ether oxygens (including phenoxy) is 1. The van der Waals surface area contributed by atoms with Gasteiger partial charge in [0.05, 0.1) is 24.2 Å². The Morgan fingerprint density at radius 1 is 1.39 bits per heavy atom. The van der Waals surface area contributed by atoms with Crippen LogP contribution in [0.4, 0.5) is 5.69 Å². The van der Waals surface area contributed by atoms with Crippen molar-refractivity contribution in [2.24, 2.45) is 0 Å². The maximum atomic E-state index is 11.6. The van der Waals surface area contributed by atoms with E-state index >= 15 is 0 Å². The molecule has 1 aromatic rings. The lowest BCUT2D eigenvalue weighted by atomic mass is 10.2. The van der Waals surface area contributed by atoms with E-state index in [0.29, 0.717) is 15.7 Å². The van der Waals surface area contributed by atoms with Crippen LogP contribution in [0.2, 0.25) is 10.0 Å². The number of nitrogens with one attached hydrogen (secondary N) is 1. The van der Waals surface area contributed by atoms with Gasteiger partial charge in [0.1, 0.15) is 0 Å². The first-order valence-corrected chi connectivity index (χ1v) is 5.70. The van der Waals surface area contributed by atoms with Crippen LogP contribution in [0.15, 0.2) is 30.4 Å². The highest BCUT2D eigenvalue weighted by atomic mass is 35.5. The third-order valence-corrected chi connectivity index (χ3v) is 2.60. The molecule has 0 spiro atoms. The van der Waals surface area contributed by atoms with Crippen LogP contribution >= 0.6 is 23.2 Å². The molecular formula is C12H11Cl2NO3. The van der Waals surface area contributed by atoms with Crippen molar-refractivity contribution >= 4 is 40.8 Å². The number of esters is 1. The Balaban J connectivity index is 2.65. The Kier molecular flexibility index (Phi) is 5.19. The second-order valence-corrected chi connectivity index (χ2v) is 4.29.